The van der Waals surface area contributed by atoms with Crippen LogP contribution in [0.5, 0.6) is 0 Å². The van der Waals surface area contributed by atoms with Crippen molar-refractivity contribution < 1.29 is 4.39 Å². The molecule has 3 aromatic carbocycles. The molecule has 162 valence electrons. The van der Waals surface area contributed by atoms with Gasteiger partial charge in [-0.25, -0.2) is 4.39 Å². The van der Waals surface area contributed by atoms with Gasteiger partial charge in [-0.2, -0.15) is 0 Å². The van der Waals surface area contributed by atoms with Gasteiger partial charge in [-0.1, -0.05) is 90.5 Å². The van der Waals surface area contributed by atoms with Crippen LogP contribution in [0.25, 0.3) is 23.8 Å². The van der Waals surface area contributed by atoms with Gasteiger partial charge in [-0.15, -0.1) is 12.4 Å². The van der Waals surface area contributed by atoms with E-state index in [0.717, 1.165) is 38.0 Å². The Morgan fingerprint density at radius 2 is 1.31 bits per heavy atom. The summed E-state index contributed by atoms with van der Waals surface area (Å²) in [6.07, 6.45) is 10.9. The number of fused-ring (bicyclic) bond motifs is 2. The molecule has 1 nitrogen and oxygen atoms in total. The van der Waals surface area contributed by atoms with Gasteiger partial charge in [0.2, 0.25) is 0 Å². The number of piperidine rings is 1. The van der Waals surface area contributed by atoms with Crippen LogP contribution in [0.3, 0.4) is 0 Å². The van der Waals surface area contributed by atoms with E-state index >= 15 is 0 Å². The second-order valence-corrected chi connectivity index (χ2v) is 8.24. The van der Waals surface area contributed by atoms with E-state index in [2.05, 4.69) is 77.7 Å². The Morgan fingerprint density at radius 1 is 0.750 bits per heavy atom. The number of hydrogen-bond donors (Lipinski definition) is 0. The molecule has 0 amide bonds. The fourth-order valence-corrected chi connectivity index (χ4v) is 4.61. The van der Waals surface area contributed by atoms with E-state index in [1.165, 1.54) is 40.0 Å². The second kappa shape index (κ2) is 10.1. The molecule has 0 N–H and O–H groups in total. The molecule has 1 aliphatic carbocycles. The van der Waals surface area contributed by atoms with E-state index in [-0.39, 0.29) is 18.2 Å². The molecular weight excluding hydrogens is 417 g/mol. The summed E-state index contributed by atoms with van der Waals surface area (Å²) in [6.45, 7) is 3.05. The van der Waals surface area contributed by atoms with Gasteiger partial charge in [0.05, 0.1) is 0 Å². The molecule has 3 aromatic rings. The van der Waals surface area contributed by atoms with Crippen LogP contribution in [-0.2, 0) is 0 Å². The molecule has 1 fully saturated rings. The summed E-state index contributed by atoms with van der Waals surface area (Å²) in [5.41, 5.74) is 9.32. The molecule has 1 saturated heterocycles. The molecule has 0 unspecified atom stereocenters. The maximum absolute atomic E-state index is 13.1. The zero-order valence-electron chi connectivity index (χ0n) is 18.0. The van der Waals surface area contributed by atoms with Crippen LogP contribution in [0, 0.1) is 5.82 Å². The largest absolute Gasteiger partial charge is 0.299 e. The molecule has 0 atom stereocenters. The van der Waals surface area contributed by atoms with Gasteiger partial charge >= 0.3 is 0 Å². The van der Waals surface area contributed by atoms with Crippen molar-refractivity contribution in [1.82, 2.24) is 4.90 Å². The van der Waals surface area contributed by atoms with Gasteiger partial charge in [0, 0.05) is 19.6 Å². The Labute approximate surface area is 196 Å². The third kappa shape index (κ3) is 4.77. The highest BCUT2D eigenvalue weighted by Gasteiger charge is 2.21. The Morgan fingerprint density at radius 3 is 1.91 bits per heavy atom. The molecule has 1 aliphatic heterocycles. The van der Waals surface area contributed by atoms with Crippen molar-refractivity contribution in [3.05, 3.63) is 118 Å². The summed E-state index contributed by atoms with van der Waals surface area (Å²) in [5, 5.41) is 0. The van der Waals surface area contributed by atoms with E-state index in [1.807, 2.05) is 12.1 Å². The Kier molecular flexibility index (Phi) is 7.04. The Balaban J connectivity index is 0.00000245. The smallest absolute Gasteiger partial charge is 0.123 e. The molecule has 0 aromatic heterocycles. The van der Waals surface area contributed by atoms with E-state index in [4.69, 9.17) is 0 Å². The quantitative estimate of drug-likeness (QED) is 0.320. The van der Waals surface area contributed by atoms with Crippen molar-refractivity contribution in [2.45, 2.75) is 12.8 Å². The fourth-order valence-electron chi connectivity index (χ4n) is 4.61. The highest BCUT2D eigenvalue weighted by Crippen LogP contribution is 2.38. The lowest BCUT2D eigenvalue weighted by Crippen LogP contribution is -2.31. The lowest BCUT2D eigenvalue weighted by atomic mass is 9.86. The molecule has 0 saturated carbocycles. The summed E-state index contributed by atoms with van der Waals surface area (Å²) in [7, 11) is 0. The van der Waals surface area contributed by atoms with E-state index < -0.39 is 0 Å². The van der Waals surface area contributed by atoms with Crippen LogP contribution in [0.15, 0.2) is 84.4 Å². The van der Waals surface area contributed by atoms with E-state index in [1.54, 1.807) is 5.57 Å². The summed E-state index contributed by atoms with van der Waals surface area (Å²) in [4.78, 5) is 2.50. The van der Waals surface area contributed by atoms with Crippen LogP contribution in [-0.4, -0.2) is 24.5 Å². The molecule has 32 heavy (non-hydrogen) atoms. The minimum atomic E-state index is -0.189. The average molecular weight is 444 g/mol. The number of likely N-dealkylation sites (tertiary alicyclic amines) is 1. The molecule has 1 heterocycles. The first-order chi connectivity index (χ1) is 15.3. The van der Waals surface area contributed by atoms with Crippen molar-refractivity contribution in [1.29, 1.82) is 0 Å². The van der Waals surface area contributed by atoms with Gasteiger partial charge in [0.25, 0.3) is 0 Å². The maximum atomic E-state index is 13.1. The monoisotopic (exact) mass is 443 g/mol. The van der Waals surface area contributed by atoms with Crippen LogP contribution in [0.4, 0.5) is 4.39 Å². The lowest BCUT2D eigenvalue weighted by Gasteiger charge is -2.29. The highest BCUT2D eigenvalue weighted by molar-refractivity contribution is 5.94. The number of benzene rings is 3. The summed E-state index contributed by atoms with van der Waals surface area (Å²) >= 11 is 0. The van der Waals surface area contributed by atoms with Crippen LogP contribution in [0.2, 0.25) is 0 Å². The standard InChI is InChI=1S/C29H26FN.ClH/c30-26-15-11-22(12-16-26)6-5-19-31-20-17-25(18-21-31)29-27-9-3-1-7-23(27)13-14-24-8-2-4-10-28(24)29;/h1-16H,17-21H2;1H. The molecular formula is C29H27ClFN. The summed E-state index contributed by atoms with van der Waals surface area (Å²) in [6, 6.07) is 24.2. The van der Waals surface area contributed by atoms with Gasteiger partial charge in [0.1, 0.15) is 5.82 Å². The number of hydrogen-bond acceptors (Lipinski definition) is 1. The van der Waals surface area contributed by atoms with Crippen LogP contribution < -0.4 is 0 Å². The third-order valence-corrected chi connectivity index (χ3v) is 6.26. The zero-order valence-corrected chi connectivity index (χ0v) is 18.8. The maximum Gasteiger partial charge on any atom is 0.123 e. The topological polar surface area (TPSA) is 3.24 Å². The molecule has 2 aliphatic rings. The lowest BCUT2D eigenvalue weighted by molar-refractivity contribution is 0.284. The SMILES string of the molecule is Cl.Fc1ccc(C=CCN2CCC(=C3c4ccccc4C=Cc4ccccc43)CC2)cc1. The molecule has 0 spiro atoms. The van der Waals surface area contributed by atoms with Crippen LogP contribution in [0.1, 0.15) is 40.7 Å². The minimum Gasteiger partial charge on any atom is -0.299 e. The zero-order chi connectivity index (χ0) is 21.0. The van der Waals surface area contributed by atoms with Gasteiger partial charge < -0.3 is 0 Å². The molecule has 5 rings (SSSR count). The van der Waals surface area contributed by atoms with Crippen molar-refractivity contribution >= 4 is 36.2 Å². The first-order valence-electron chi connectivity index (χ1n) is 11.0. The number of halogens is 2. The first kappa shape index (κ1) is 22.3. The van der Waals surface area contributed by atoms with E-state index in [0.29, 0.717) is 0 Å². The van der Waals surface area contributed by atoms with Gasteiger partial charge in [-0.3, -0.25) is 4.90 Å². The first-order valence-corrected chi connectivity index (χ1v) is 11.0. The third-order valence-electron chi connectivity index (χ3n) is 6.26. The molecule has 0 bridgehead atoms. The summed E-state index contributed by atoms with van der Waals surface area (Å²) in [5.74, 6) is -0.189. The fraction of sp³-hybridized carbons (Fsp3) is 0.172. The Bertz CT molecular complexity index is 1110. The van der Waals surface area contributed by atoms with E-state index in [9.17, 15) is 4.39 Å². The highest BCUT2D eigenvalue weighted by atomic mass is 35.5. The van der Waals surface area contributed by atoms with Crippen molar-refractivity contribution in [2.24, 2.45) is 0 Å². The van der Waals surface area contributed by atoms with Crippen molar-refractivity contribution in [3.8, 4) is 0 Å². The number of rotatable bonds is 3. The van der Waals surface area contributed by atoms with Gasteiger partial charge in [0.15, 0.2) is 0 Å². The number of nitrogens with zero attached hydrogens (tertiary/aromatic N) is 1. The minimum absolute atomic E-state index is 0. The average Bonchev–Trinajstić information content (AvgIpc) is 2.98. The van der Waals surface area contributed by atoms with Crippen molar-refractivity contribution in [3.63, 3.8) is 0 Å². The Hall–Kier alpha value is -2.94. The predicted molar refractivity (Wildman–Crippen MR) is 136 cm³/mol. The van der Waals surface area contributed by atoms with Crippen LogP contribution >= 0.6 is 12.4 Å². The molecule has 0 radical (unpaired) electrons. The molecule has 3 heteroatoms. The second-order valence-electron chi connectivity index (χ2n) is 8.24. The normalized spacial score (nSPS) is 15.8. The predicted octanol–water partition coefficient (Wildman–Crippen LogP) is 7.34. The van der Waals surface area contributed by atoms with Gasteiger partial charge in [-0.05, 0) is 58.4 Å². The summed E-state index contributed by atoms with van der Waals surface area (Å²) < 4.78 is 13.1. The van der Waals surface area contributed by atoms with Crippen molar-refractivity contribution in [2.75, 3.05) is 19.6 Å².